The molecule has 0 aromatic carbocycles. The van der Waals surface area contributed by atoms with Gasteiger partial charge in [0.25, 0.3) is 0 Å². The number of nitrogens with one attached hydrogen (secondary N) is 15. The number of carboxylic acids is 1. The van der Waals surface area contributed by atoms with Crippen LogP contribution >= 0.6 is 0 Å². The number of rotatable bonds is 31. The molecular weight excluding hydrogens is 1170 g/mol. The van der Waals surface area contributed by atoms with Gasteiger partial charge in [0.1, 0.15) is 86.6 Å². The molecule has 0 fully saturated rings. The minimum Gasteiger partial charge on any atom is -0.480 e. The van der Waals surface area contributed by atoms with Crippen molar-refractivity contribution in [2.45, 2.75) is 259 Å². The normalized spacial score (nSPS) is 15.0. The maximum absolute atomic E-state index is 13.5. The van der Waals surface area contributed by atoms with Gasteiger partial charge in [-0.05, 0) is 166 Å². The number of hydrogen-bond donors (Lipinski definition) is 17. The molecule has 0 aliphatic carbocycles. The Kier molecular flexibility index (Phi) is 27.7. The molecule has 0 saturated heterocycles. The summed E-state index contributed by atoms with van der Waals surface area (Å²) in [4.78, 5) is 208. The fraction of sp³-hybridized carbons (Fsp3) is 0.714. The third-order valence-electron chi connectivity index (χ3n) is 13.6. The molecule has 0 heterocycles. The molecule has 504 valence electrons. The Hall–Kier alpha value is -8.52. The van der Waals surface area contributed by atoms with Crippen molar-refractivity contribution < 1.29 is 81.8 Å². The van der Waals surface area contributed by atoms with Gasteiger partial charge in [-0.25, -0.2) is 4.79 Å². The lowest BCUT2D eigenvalue weighted by Gasteiger charge is -2.32. The van der Waals surface area contributed by atoms with Gasteiger partial charge in [-0.1, -0.05) is 0 Å². The van der Waals surface area contributed by atoms with Crippen LogP contribution in [0.5, 0.6) is 0 Å². The van der Waals surface area contributed by atoms with Crippen LogP contribution in [0.3, 0.4) is 0 Å². The van der Waals surface area contributed by atoms with E-state index in [0.717, 1.165) is 0 Å². The van der Waals surface area contributed by atoms with Crippen LogP contribution in [0.2, 0.25) is 0 Å². The fourth-order valence-electron chi connectivity index (χ4n) is 6.88. The van der Waals surface area contributed by atoms with Crippen LogP contribution in [0.25, 0.3) is 0 Å². The Morgan fingerprint density at radius 3 is 0.461 bits per heavy atom. The highest BCUT2D eigenvalue weighted by molar-refractivity contribution is 6.03. The highest BCUT2D eigenvalue weighted by Gasteiger charge is 2.42. The summed E-state index contributed by atoms with van der Waals surface area (Å²) >= 11 is 0. The van der Waals surface area contributed by atoms with Crippen molar-refractivity contribution in [3.63, 3.8) is 0 Å². The average Bonchev–Trinajstić information content (AvgIpc) is 3.48. The largest absolute Gasteiger partial charge is 0.480 e. The van der Waals surface area contributed by atoms with Gasteiger partial charge in [0.15, 0.2) is 0 Å². The average molecular weight is 1270 g/mol. The summed E-state index contributed by atoms with van der Waals surface area (Å²) < 4.78 is 0. The lowest BCUT2D eigenvalue weighted by Crippen LogP contribution is -2.65. The van der Waals surface area contributed by atoms with Crippen LogP contribution in [0, 0.1) is 0 Å². The Morgan fingerprint density at radius 1 is 0.236 bits per heavy atom. The van der Waals surface area contributed by atoms with E-state index in [2.05, 4.69) is 79.8 Å². The Morgan fingerprint density at radius 2 is 0.348 bits per heavy atom. The third kappa shape index (κ3) is 24.5. The molecule has 0 aliphatic rings. The minimum absolute atomic E-state index is 0.601. The van der Waals surface area contributed by atoms with E-state index in [1.165, 1.54) is 166 Å². The molecule has 0 aromatic rings. The maximum Gasteiger partial charge on any atom is 0.328 e. The minimum atomic E-state index is -1.73. The lowest BCUT2D eigenvalue weighted by molar-refractivity contribution is -0.146. The van der Waals surface area contributed by atoms with E-state index in [1.807, 2.05) is 0 Å². The SMILES string of the molecule is C[C@H](N)C(=O)NC(C)(C)C(=O)N[C@@H](C)C(=O)NC(C)(C)C(=O)N[C@@H](C)C(=O)NC(C)(C)C(=O)N[C@@H](C)C(=O)NC(C)(C)C(=O)N[C@@H](C)C(=O)NC(C)(C)C(=O)N[C@@H](C)C(=O)NC(C)(C)C(=O)N[C@@H](C)C(=O)NC(C)(C)C(=O)N[C@@H](C)C(=O)NC(C)(C)C(=O)O. The van der Waals surface area contributed by atoms with Crippen LogP contribution in [-0.4, -0.2) is 192 Å². The molecule has 0 aromatic heterocycles. The number of carbonyl (C=O) groups excluding carboxylic acids is 15. The summed E-state index contributed by atoms with van der Waals surface area (Å²) in [5.41, 5.74) is -7.67. The summed E-state index contributed by atoms with van der Waals surface area (Å²) in [7, 11) is 0. The molecule has 0 saturated carbocycles. The number of amides is 15. The topological polar surface area (TPSA) is 500 Å². The first-order valence-corrected chi connectivity index (χ1v) is 28.5. The first-order valence-electron chi connectivity index (χ1n) is 28.5. The maximum atomic E-state index is 13.5. The molecule has 0 unspecified atom stereocenters. The number of aliphatic carboxylic acids is 1. The molecule has 0 rings (SSSR count). The Balaban J connectivity index is 5.46. The molecule has 0 bridgehead atoms. The number of carboxylic acid groups (broad SMARTS) is 1. The van der Waals surface area contributed by atoms with Gasteiger partial charge in [-0.2, -0.15) is 0 Å². The van der Waals surface area contributed by atoms with E-state index >= 15 is 0 Å². The number of nitrogens with two attached hydrogens (primary N) is 1. The van der Waals surface area contributed by atoms with Crippen LogP contribution in [0.4, 0.5) is 0 Å². The summed E-state index contributed by atoms with van der Waals surface area (Å²) in [6, 6.07) is -9.83. The number of hydrogen-bond acceptors (Lipinski definition) is 17. The molecule has 89 heavy (non-hydrogen) atoms. The van der Waals surface area contributed by atoms with Crippen molar-refractivity contribution in [1.82, 2.24) is 79.8 Å². The van der Waals surface area contributed by atoms with Crippen molar-refractivity contribution in [3.05, 3.63) is 0 Å². The van der Waals surface area contributed by atoms with Crippen LogP contribution in [-0.2, 0) is 76.7 Å². The second kappa shape index (κ2) is 30.6. The first-order chi connectivity index (χ1) is 39.8. The van der Waals surface area contributed by atoms with E-state index in [9.17, 15) is 81.8 Å². The van der Waals surface area contributed by atoms with Crippen molar-refractivity contribution in [1.29, 1.82) is 0 Å². The van der Waals surface area contributed by atoms with E-state index in [4.69, 9.17) is 5.73 Å². The van der Waals surface area contributed by atoms with Crippen molar-refractivity contribution in [3.8, 4) is 0 Å². The van der Waals surface area contributed by atoms with Gasteiger partial charge in [0.2, 0.25) is 88.6 Å². The Labute approximate surface area is 519 Å². The quantitative estimate of drug-likeness (QED) is 0.0309. The van der Waals surface area contributed by atoms with Gasteiger partial charge >= 0.3 is 5.97 Å². The lowest BCUT2D eigenvalue weighted by atomic mass is 10.0. The molecule has 8 atom stereocenters. The first kappa shape index (κ1) is 80.5. The van der Waals surface area contributed by atoms with Crippen molar-refractivity contribution in [2.75, 3.05) is 0 Å². The van der Waals surface area contributed by atoms with Crippen LogP contribution in [0.1, 0.15) is 166 Å². The smallest absolute Gasteiger partial charge is 0.328 e. The summed E-state index contributed by atoms with van der Waals surface area (Å²) in [6.45, 7) is 31.7. The standard InChI is InChI=1S/C56H98N16O17/c1-25(57)33(73)65-49(9,10)41(81)58-26(2)34(74)66-50(11,12)42(82)59-27(3)35(75)67-51(13,14)43(83)60-28(4)36(76)68-52(15,16)44(84)61-29(5)37(77)69-53(17,18)45(85)62-30(6)38(78)70-54(19,20)46(86)63-31(7)39(79)71-55(21,22)47(87)64-32(8)40(80)72-56(23,24)48(88)89/h25-32H,57H2,1-24H3,(H,58,81)(H,59,82)(H,60,83)(H,61,84)(H,62,85)(H,63,86)(H,64,87)(H,65,73)(H,66,74)(H,67,75)(H,68,76)(H,69,77)(H,70,78)(H,71,79)(H,72,80)(H,88,89)/t25-,26-,27-,28-,29-,30-,31-,32-/m0/s1. The molecule has 15 amide bonds. The predicted octanol–water partition coefficient (Wildman–Crippen LogP) is -4.89. The van der Waals surface area contributed by atoms with Crippen LogP contribution in [0.15, 0.2) is 0 Å². The Bertz CT molecular complexity index is 2770. The van der Waals surface area contributed by atoms with E-state index in [0.29, 0.717) is 0 Å². The molecule has 0 spiro atoms. The summed E-state index contributed by atoms with van der Waals surface area (Å²) in [6.07, 6.45) is 0. The second-order valence-electron chi connectivity index (χ2n) is 26.4. The van der Waals surface area contributed by atoms with Gasteiger partial charge in [0.05, 0.1) is 6.04 Å². The van der Waals surface area contributed by atoms with Gasteiger partial charge in [-0.3, -0.25) is 71.9 Å². The zero-order valence-corrected chi connectivity index (χ0v) is 55.7. The van der Waals surface area contributed by atoms with Crippen molar-refractivity contribution >= 4 is 94.6 Å². The van der Waals surface area contributed by atoms with Gasteiger partial charge in [-0.15, -0.1) is 0 Å². The fourth-order valence-corrected chi connectivity index (χ4v) is 6.88. The molecule has 0 radical (unpaired) electrons. The van der Waals surface area contributed by atoms with Gasteiger partial charge in [0, 0.05) is 0 Å². The van der Waals surface area contributed by atoms with Crippen molar-refractivity contribution in [2.24, 2.45) is 5.73 Å². The van der Waals surface area contributed by atoms with Gasteiger partial charge < -0.3 is 90.6 Å². The second-order valence-corrected chi connectivity index (χ2v) is 26.4. The molecular formula is C56H98N16O17. The molecule has 33 heteroatoms. The highest BCUT2D eigenvalue weighted by Crippen LogP contribution is 2.13. The summed E-state index contributed by atoms with van der Waals surface area (Å²) in [5, 5.41) is 46.0. The van der Waals surface area contributed by atoms with E-state index in [1.54, 1.807) is 0 Å². The zero-order valence-electron chi connectivity index (χ0n) is 55.7. The highest BCUT2D eigenvalue weighted by atomic mass is 16.4. The molecule has 0 aliphatic heterocycles. The predicted molar refractivity (Wildman–Crippen MR) is 322 cm³/mol. The molecule has 18 N–H and O–H groups in total. The van der Waals surface area contributed by atoms with E-state index in [-0.39, 0.29) is 0 Å². The van der Waals surface area contributed by atoms with E-state index < -0.39 is 187 Å². The summed E-state index contributed by atoms with van der Waals surface area (Å²) in [5.74, 6) is -13.6. The number of carbonyl (C=O) groups is 16. The monoisotopic (exact) mass is 1270 g/mol. The molecule has 33 nitrogen and oxygen atoms in total. The third-order valence-corrected chi connectivity index (χ3v) is 13.6. The van der Waals surface area contributed by atoms with Crippen LogP contribution < -0.4 is 85.5 Å². The zero-order chi connectivity index (χ0) is 70.5.